The molecule has 156 valence electrons. The second kappa shape index (κ2) is 9.00. The summed E-state index contributed by atoms with van der Waals surface area (Å²) in [5.74, 6) is -1.75. The average molecular weight is 413 g/mol. The zero-order valence-corrected chi connectivity index (χ0v) is 16.2. The molecule has 0 spiro atoms. The van der Waals surface area contributed by atoms with Crippen molar-refractivity contribution < 1.29 is 18.3 Å². The lowest BCUT2D eigenvalue weighted by atomic mass is 10.2. The summed E-state index contributed by atoms with van der Waals surface area (Å²) in [7, 11) is 0. The fourth-order valence-corrected chi connectivity index (χ4v) is 3.24. The minimum absolute atomic E-state index is 0.0803. The van der Waals surface area contributed by atoms with Crippen molar-refractivity contribution in [2.45, 2.75) is 13.1 Å². The molecule has 1 fully saturated rings. The van der Waals surface area contributed by atoms with Crippen LogP contribution in [0.3, 0.4) is 0 Å². The first kappa shape index (κ1) is 20.0. The van der Waals surface area contributed by atoms with Crippen LogP contribution in [0.25, 0.3) is 0 Å². The Bertz CT molecular complexity index is 996. The Morgan fingerprint density at radius 2 is 1.77 bits per heavy atom. The summed E-state index contributed by atoms with van der Waals surface area (Å²) < 4.78 is 34.1. The highest BCUT2D eigenvalue weighted by molar-refractivity contribution is 5.91. The molecule has 1 N–H and O–H groups in total. The number of carbonyl (C=O) groups excluding carboxylic acids is 1. The van der Waals surface area contributed by atoms with E-state index in [1.54, 1.807) is 0 Å². The molecule has 2 aromatic carbocycles. The zero-order valence-electron chi connectivity index (χ0n) is 16.2. The molecule has 0 aliphatic carbocycles. The Kier molecular flexibility index (Phi) is 5.99. The van der Waals surface area contributed by atoms with E-state index < -0.39 is 17.5 Å². The largest absolute Gasteiger partial charge is 0.378 e. The van der Waals surface area contributed by atoms with Crippen molar-refractivity contribution in [1.82, 2.24) is 20.3 Å². The van der Waals surface area contributed by atoms with E-state index >= 15 is 0 Å². The molecule has 1 aliphatic heterocycles. The van der Waals surface area contributed by atoms with E-state index in [2.05, 4.69) is 20.5 Å². The Labute approximate surface area is 172 Å². The van der Waals surface area contributed by atoms with Crippen LogP contribution in [0.2, 0.25) is 0 Å². The second-order valence-electron chi connectivity index (χ2n) is 6.95. The minimum atomic E-state index is -0.669. The van der Waals surface area contributed by atoms with Gasteiger partial charge in [-0.2, -0.15) is 0 Å². The number of rotatable bonds is 6. The third-order valence-corrected chi connectivity index (χ3v) is 4.92. The normalized spacial score (nSPS) is 14.0. The molecular weight excluding hydrogens is 392 g/mol. The second-order valence-corrected chi connectivity index (χ2v) is 6.95. The fraction of sp³-hybridized carbons (Fsp3) is 0.286. The number of anilines is 1. The van der Waals surface area contributed by atoms with Crippen molar-refractivity contribution in [3.05, 3.63) is 77.1 Å². The van der Waals surface area contributed by atoms with Gasteiger partial charge in [0, 0.05) is 30.9 Å². The highest BCUT2D eigenvalue weighted by Gasteiger charge is 2.14. The maximum absolute atomic E-state index is 13.8. The molecule has 0 bridgehead atoms. The summed E-state index contributed by atoms with van der Waals surface area (Å²) in [4.78, 5) is 14.6. The van der Waals surface area contributed by atoms with Crippen LogP contribution in [-0.2, 0) is 17.8 Å². The van der Waals surface area contributed by atoms with Gasteiger partial charge in [0.1, 0.15) is 11.6 Å². The molecule has 1 aliphatic rings. The molecule has 0 saturated carbocycles. The van der Waals surface area contributed by atoms with E-state index in [0.717, 1.165) is 37.6 Å². The van der Waals surface area contributed by atoms with Gasteiger partial charge < -0.3 is 15.0 Å². The highest BCUT2D eigenvalue weighted by atomic mass is 19.1. The van der Waals surface area contributed by atoms with Crippen molar-refractivity contribution in [2.24, 2.45) is 0 Å². The molecule has 9 heteroatoms. The molecule has 0 radical (unpaired) electrons. The molecule has 3 aromatic rings. The smallest absolute Gasteiger partial charge is 0.273 e. The molecule has 30 heavy (non-hydrogen) atoms. The van der Waals surface area contributed by atoms with E-state index in [4.69, 9.17) is 4.74 Å². The van der Waals surface area contributed by atoms with Gasteiger partial charge in [0.2, 0.25) is 0 Å². The average Bonchev–Trinajstić information content (AvgIpc) is 3.25. The maximum atomic E-state index is 13.8. The fourth-order valence-electron chi connectivity index (χ4n) is 3.24. The molecule has 7 nitrogen and oxygen atoms in total. The van der Waals surface area contributed by atoms with E-state index in [-0.39, 0.29) is 17.8 Å². The van der Waals surface area contributed by atoms with Crippen LogP contribution in [0.4, 0.5) is 14.5 Å². The molecule has 0 atom stereocenters. The summed E-state index contributed by atoms with van der Waals surface area (Å²) in [6.45, 7) is 3.36. The number of nitrogens with zero attached hydrogens (tertiary/aromatic N) is 4. The SMILES string of the molecule is O=C(NCc1ccc(N2CCOCC2)cc1)c1cn(Cc2c(F)cccc2F)nn1. The maximum Gasteiger partial charge on any atom is 0.273 e. The number of halogens is 2. The van der Waals surface area contributed by atoms with Crippen LogP contribution >= 0.6 is 0 Å². The predicted molar refractivity (Wildman–Crippen MR) is 106 cm³/mol. The molecule has 0 unspecified atom stereocenters. The van der Waals surface area contributed by atoms with Gasteiger partial charge in [0.25, 0.3) is 5.91 Å². The number of hydrogen-bond donors (Lipinski definition) is 1. The first-order valence-corrected chi connectivity index (χ1v) is 9.63. The van der Waals surface area contributed by atoms with Gasteiger partial charge >= 0.3 is 0 Å². The Morgan fingerprint density at radius 1 is 1.07 bits per heavy atom. The summed E-state index contributed by atoms with van der Waals surface area (Å²) in [5, 5.41) is 10.4. The number of nitrogens with one attached hydrogen (secondary N) is 1. The van der Waals surface area contributed by atoms with Crippen LogP contribution in [0.1, 0.15) is 21.6 Å². The molecule has 1 aromatic heterocycles. The van der Waals surface area contributed by atoms with E-state index in [1.165, 1.54) is 29.1 Å². The topological polar surface area (TPSA) is 72.3 Å². The summed E-state index contributed by atoms with van der Waals surface area (Å²) in [6, 6.07) is 11.6. The van der Waals surface area contributed by atoms with Gasteiger partial charge in [0.15, 0.2) is 5.69 Å². The number of morpholine rings is 1. The molecular formula is C21H21F2N5O2. The van der Waals surface area contributed by atoms with Crippen molar-refractivity contribution in [3.63, 3.8) is 0 Å². The Balaban J connectivity index is 1.33. The van der Waals surface area contributed by atoms with Crippen molar-refractivity contribution in [1.29, 1.82) is 0 Å². The summed E-state index contributed by atoms with van der Waals surface area (Å²) in [6.07, 6.45) is 1.36. The van der Waals surface area contributed by atoms with Crippen molar-refractivity contribution in [2.75, 3.05) is 31.2 Å². The van der Waals surface area contributed by atoms with Gasteiger partial charge in [0.05, 0.1) is 26.0 Å². The highest BCUT2D eigenvalue weighted by Crippen LogP contribution is 2.17. The van der Waals surface area contributed by atoms with Gasteiger partial charge in [-0.05, 0) is 29.8 Å². The Morgan fingerprint density at radius 3 is 2.47 bits per heavy atom. The lowest BCUT2D eigenvalue weighted by Crippen LogP contribution is -2.36. The molecule has 1 amide bonds. The van der Waals surface area contributed by atoms with Crippen LogP contribution in [0.15, 0.2) is 48.7 Å². The van der Waals surface area contributed by atoms with Gasteiger partial charge in [-0.15, -0.1) is 5.10 Å². The van der Waals surface area contributed by atoms with Gasteiger partial charge in [-0.25, -0.2) is 13.5 Å². The first-order valence-electron chi connectivity index (χ1n) is 9.63. The predicted octanol–water partition coefficient (Wildman–Crippen LogP) is 2.37. The summed E-state index contributed by atoms with van der Waals surface area (Å²) in [5.41, 5.74) is 2.02. The van der Waals surface area contributed by atoms with Crippen LogP contribution < -0.4 is 10.2 Å². The number of ether oxygens (including phenoxy) is 1. The monoisotopic (exact) mass is 413 g/mol. The number of aromatic nitrogens is 3. The van der Waals surface area contributed by atoms with Gasteiger partial charge in [-0.1, -0.05) is 23.4 Å². The molecule has 4 rings (SSSR count). The van der Waals surface area contributed by atoms with Crippen LogP contribution in [0.5, 0.6) is 0 Å². The van der Waals surface area contributed by atoms with Crippen LogP contribution in [-0.4, -0.2) is 47.2 Å². The minimum Gasteiger partial charge on any atom is -0.378 e. The number of carbonyl (C=O) groups is 1. The third-order valence-electron chi connectivity index (χ3n) is 4.92. The standard InChI is InChI=1S/C21H21F2N5O2/c22-18-2-1-3-19(23)17(18)13-28-14-20(25-26-28)21(29)24-12-15-4-6-16(7-5-15)27-8-10-30-11-9-27/h1-7,14H,8-13H2,(H,24,29). The number of amides is 1. The van der Waals surface area contributed by atoms with E-state index in [9.17, 15) is 13.6 Å². The number of benzene rings is 2. The van der Waals surface area contributed by atoms with Crippen molar-refractivity contribution >= 4 is 11.6 Å². The lowest BCUT2D eigenvalue weighted by Gasteiger charge is -2.28. The van der Waals surface area contributed by atoms with Crippen molar-refractivity contribution in [3.8, 4) is 0 Å². The van der Waals surface area contributed by atoms with Crippen LogP contribution in [0, 0.1) is 11.6 Å². The first-order chi connectivity index (χ1) is 14.6. The molecule has 2 heterocycles. The third kappa shape index (κ3) is 4.62. The Hall–Kier alpha value is -3.33. The number of hydrogen-bond acceptors (Lipinski definition) is 5. The summed E-state index contributed by atoms with van der Waals surface area (Å²) >= 11 is 0. The lowest BCUT2D eigenvalue weighted by molar-refractivity contribution is 0.0945. The van der Waals surface area contributed by atoms with E-state index in [0.29, 0.717) is 6.54 Å². The zero-order chi connectivity index (χ0) is 20.9. The van der Waals surface area contributed by atoms with Gasteiger partial charge in [-0.3, -0.25) is 4.79 Å². The quantitative estimate of drug-likeness (QED) is 0.672. The van der Waals surface area contributed by atoms with E-state index in [1.807, 2.05) is 24.3 Å². The molecule has 1 saturated heterocycles.